The first-order valence-electron chi connectivity index (χ1n) is 7.29. The van der Waals surface area contributed by atoms with Crippen molar-refractivity contribution in [2.24, 2.45) is 5.73 Å². The van der Waals surface area contributed by atoms with E-state index < -0.39 is 5.54 Å². The summed E-state index contributed by atoms with van der Waals surface area (Å²) in [7, 11) is 0. The van der Waals surface area contributed by atoms with Crippen molar-refractivity contribution in [3.8, 4) is 0 Å². The molecule has 0 saturated carbocycles. The summed E-state index contributed by atoms with van der Waals surface area (Å²) in [6, 6.07) is 9.41. The van der Waals surface area contributed by atoms with E-state index in [2.05, 4.69) is 12.2 Å². The summed E-state index contributed by atoms with van der Waals surface area (Å²) >= 11 is 0. The number of ether oxygens (including phenoxy) is 1. The van der Waals surface area contributed by atoms with Crippen LogP contribution in [0.1, 0.15) is 38.7 Å². The Bertz CT molecular complexity index is 397. The largest absolute Gasteiger partial charge is 0.381 e. The Morgan fingerprint density at radius 1 is 1.24 bits per heavy atom. The molecule has 4 nitrogen and oxygen atoms in total. The molecule has 1 rings (SSSR count). The Kier molecular flexibility index (Phi) is 10.0. The van der Waals surface area contributed by atoms with E-state index in [1.54, 1.807) is 6.92 Å². The third kappa shape index (κ3) is 6.93. The number of halogens is 1. The maximum absolute atomic E-state index is 12.1. The Hall–Kier alpha value is -1.10. The number of nitrogens with two attached hydrogens (primary N) is 1. The minimum Gasteiger partial charge on any atom is -0.381 e. The molecule has 0 aliphatic rings. The van der Waals surface area contributed by atoms with Gasteiger partial charge in [0.1, 0.15) is 5.54 Å². The number of nitrogens with one attached hydrogen (secondary N) is 1. The van der Waals surface area contributed by atoms with E-state index in [0.29, 0.717) is 13.2 Å². The lowest BCUT2D eigenvalue weighted by Crippen LogP contribution is -2.49. The number of amides is 1. The molecule has 1 atom stereocenters. The van der Waals surface area contributed by atoms with Gasteiger partial charge in [-0.1, -0.05) is 43.7 Å². The maximum Gasteiger partial charge on any atom is 0.244 e. The molecule has 1 aromatic carbocycles. The highest BCUT2D eigenvalue weighted by atomic mass is 35.5. The van der Waals surface area contributed by atoms with Crippen molar-refractivity contribution < 1.29 is 9.53 Å². The SMILES string of the molecule is CCCCOCCCNC(=O)C(C)(N)c1ccccc1.Cl. The molecule has 0 bridgehead atoms. The molecule has 0 spiro atoms. The molecule has 0 aliphatic heterocycles. The van der Waals surface area contributed by atoms with Crippen molar-refractivity contribution in [2.75, 3.05) is 19.8 Å². The smallest absolute Gasteiger partial charge is 0.244 e. The van der Waals surface area contributed by atoms with Gasteiger partial charge in [-0.05, 0) is 25.3 Å². The first-order valence-corrected chi connectivity index (χ1v) is 7.29. The fourth-order valence-electron chi connectivity index (χ4n) is 1.82. The van der Waals surface area contributed by atoms with E-state index in [1.165, 1.54) is 0 Å². The minimum atomic E-state index is -0.996. The first-order chi connectivity index (χ1) is 9.59. The molecule has 0 aromatic heterocycles. The fraction of sp³-hybridized carbons (Fsp3) is 0.562. The van der Waals surface area contributed by atoms with Crippen molar-refractivity contribution in [1.29, 1.82) is 0 Å². The standard InChI is InChI=1S/C16H26N2O2.ClH/c1-3-4-12-20-13-8-11-18-15(19)16(2,17)14-9-6-5-7-10-14;/h5-7,9-10H,3-4,8,11-13,17H2,1-2H3,(H,18,19);1H. The second-order valence-electron chi connectivity index (χ2n) is 5.14. The third-order valence-corrected chi connectivity index (χ3v) is 3.24. The molecular formula is C16H27ClN2O2. The lowest BCUT2D eigenvalue weighted by Gasteiger charge is -2.24. The summed E-state index contributed by atoms with van der Waals surface area (Å²) in [5.74, 6) is -0.155. The van der Waals surface area contributed by atoms with Gasteiger partial charge in [0.2, 0.25) is 5.91 Å². The second kappa shape index (κ2) is 10.6. The van der Waals surface area contributed by atoms with Crippen LogP contribution in [-0.2, 0) is 15.1 Å². The number of unbranched alkanes of at least 4 members (excludes halogenated alkanes) is 1. The van der Waals surface area contributed by atoms with Crippen molar-refractivity contribution in [1.82, 2.24) is 5.32 Å². The molecule has 0 fully saturated rings. The van der Waals surface area contributed by atoms with E-state index in [9.17, 15) is 4.79 Å². The van der Waals surface area contributed by atoms with Crippen LogP contribution in [0.5, 0.6) is 0 Å². The Labute approximate surface area is 133 Å². The molecule has 120 valence electrons. The molecule has 0 saturated heterocycles. The number of carbonyl (C=O) groups excluding carboxylic acids is 1. The first kappa shape index (κ1) is 19.9. The average molecular weight is 315 g/mol. The van der Waals surface area contributed by atoms with Crippen LogP contribution >= 0.6 is 12.4 Å². The van der Waals surface area contributed by atoms with Gasteiger partial charge in [-0.25, -0.2) is 0 Å². The van der Waals surface area contributed by atoms with Crippen LogP contribution in [0.25, 0.3) is 0 Å². The van der Waals surface area contributed by atoms with E-state index in [1.807, 2.05) is 30.3 Å². The number of hydrogen-bond acceptors (Lipinski definition) is 3. The monoisotopic (exact) mass is 314 g/mol. The topological polar surface area (TPSA) is 64.3 Å². The summed E-state index contributed by atoms with van der Waals surface area (Å²) in [5.41, 5.74) is 5.94. The van der Waals surface area contributed by atoms with Gasteiger partial charge in [-0.2, -0.15) is 0 Å². The molecule has 21 heavy (non-hydrogen) atoms. The van der Waals surface area contributed by atoms with E-state index in [0.717, 1.165) is 31.4 Å². The average Bonchev–Trinajstić information content (AvgIpc) is 2.47. The van der Waals surface area contributed by atoms with Gasteiger partial charge in [0, 0.05) is 19.8 Å². The summed E-state index contributed by atoms with van der Waals surface area (Å²) < 4.78 is 5.44. The van der Waals surface area contributed by atoms with Crippen LogP contribution in [0.4, 0.5) is 0 Å². The predicted octanol–water partition coefficient (Wildman–Crippen LogP) is 2.61. The lowest BCUT2D eigenvalue weighted by molar-refractivity contribution is -0.126. The number of carbonyl (C=O) groups is 1. The fourth-order valence-corrected chi connectivity index (χ4v) is 1.82. The summed E-state index contributed by atoms with van der Waals surface area (Å²) in [4.78, 5) is 12.1. The molecule has 1 amide bonds. The zero-order valence-corrected chi connectivity index (χ0v) is 13.7. The number of benzene rings is 1. The summed E-state index contributed by atoms with van der Waals surface area (Å²) in [5, 5.41) is 2.87. The lowest BCUT2D eigenvalue weighted by atomic mass is 9.92. The highest BCUT2D eigenvalue weighted by molar-refractivity contribution is 5.86. The van der Waals surface area contributed by atoms with Crippen LogP contribution in [-0.4, -0.2) is 25.7 Å². The van der Waals surface area contributed by atoms with Gasteiger partial charge in [0.25, 0.3) is 0 Å². The van der Waals surface area contributed by atoms with E-state index in [4.69, 9.17) is 10.5 Å². The van der Waals surface area contributed by atoms with Gasteiger partial charge < -0.3 is 15.8 Å². The quantitative estimate of drug-likeness (QED) is 0.689. The molecule has 1 aromatic rings. The van der Waals surface area contributed by atoms with Gasteiger partial charge in [0.05, 0.1) is 0 Å². The molecule has 0 radical (unpaired) electrons. The highest BCUT2D eigenvalue weighted by Crippen LogP contribution is 2.17. The van der Waals surface area contributed by atoms with Crippen LogP contribution in [0, 0.1) is 0 Å². The zero-order chi connectivity index (χ0) is 14.8. The summed E-state index contributed by atoms with van der Waals surface area (Å²) in [6.07, 6.45) is 3.03. The third-order valence-electron chi connectivity index (χ3n) is 3.24. The molecule has 1 unspecified atom stereocenters. The Morgan fingerprint density at radius 2 is 1.86 bits per heavy atom. The molecular weight excluding hydrogens is 288 g/mol. The van der Waals surface area contributed by atoms with Crippen LogP contribution in [0.3, 0.4) is 0 Å². The van der Waals surface area contributed by atoms with Gasteiger partial charge in [-0.3, -0.25) is 4.79 Å². The molecule has 3 N–H and O–H groups in total. The number of hydrogen-bond donors (Lipinski definition) is 2. The van der Waals surface area contributed by atoms with Crippen molar-refractivity contribution >= 4 is 18.3 Å². The van der Waals surface area contributed by atoms with Crippen LogP contribution in [0.15, 0.2) is 30.3 Å². The molecule has 0 aliphatic carbocycles. The normalized spacial score (nSPS) is 13.1. The van der Waals surface area contributed by atoms with Gasteiger partial charge in [-0.15, -0.1) is 12.4 Å². The molecule has 5 heteroatoms. The predicted molar refractivity (Wildman–Crippen MR) is 88.6 cm³/mol. The number of rotatable bonds is 9. The van der Waals surface area contributed by atoms with Crippen LogP contribution < -0.4 is 11.1 Å². The van der Waals surface area contributed by atoms with Gasteiger partial charge >= 0.3 is 0 Å². The van der Waals surface area contributed by atoms with E-state index in [-0.39, 0.29) is 18.3 Å². The minimum absolute atomic E-state index is 0. The van der Waals surface area contributed by atoms with Crippen molar-refractivity contribution in [3.63, 3.8) is 0 Å². The molecule has 0 heterocycles. The Balaban J connectivity index is 0.00000400. The highest BCUT2D eigenvalue weighted by Gasteiger charge is 2.29. The van der Waals surface area contributed by atoms with Crippen molar-refractivity contribution in [3.05, 3.63) is 35.9 Å². The summed E-state index contributed by atoms with van der Waals surface area (Å²) in [6.45, 7) is 5.92. The van der Waals surface area contributed by atoms with Crippen LogP contribution in [0.2, 0.25) is 0 Å². The Morgan fingerprint density at radius 3 is 2.48 bits per heavy atom. The zero-order valence-electron chi connectivity index (χ0n) is 12.9. The maximum atomic E-state index is 12.1. The second-order valence-corrected chi connectivity index (χ2v) is 5.14. The van der Waals surface area contributed by atoms with Crippen molar-refractivity contribution in [2.45, 2.75) is 38.6 Å². The van der Waals surface area contributed by atoms with E-state index >= 15 is 0 Å². The van der Waals surface area contributed by atoms with Gasteiger partial charge in [0.15, 0.2) is 0 Å².